The Labute approximate surface area is 154 Å². The number of alkyl halides is 2. The number of aromatic nitrogens is 3. The van der Waals surface area contributed by atoms with Gasteiger partial charge in [0.25, 0.3) is 5.92 Å². The first kappa shape index (κ1) is 17.2. The highest BCUT2D eigenvalue weighted by Crippen LogP contribution is 2.56. The Morgan fingerprint density at radius 2 is 2.07 bits per heavy atom. The predicted molar refractivity (Wildman–Crippen MR) is 95.0 cm³/mol. The summed E-state index contributed by atoms with van der Waals surface area (Å²) < 4.78 is 34.5. The Hall–Kier alpha value is -3.21. The Morgan fingerprint density at radius 3 is 2.74 bits per heavy atom. The predicted octanol–water partition coefficient (Wildman–Crippen LogP) is 3.70. The van der Waals surface area contributed by atoms with Crippen LogP contribution in [-0.2, 0) is 6.61 Å². The number of fused-ring (bicyclic) bond motifs is 1. The number of benzene rings is 1. The number of pyridine rings is 1. The number of ether oxygens (including phenoxy) is 1. The fraction of sp³-hybridized carbons (Fsp3) is 0.316. The van der Waals surface area contributed by atoms with Crippen LogP contribution in [0.15, 0.2) is 42.6 Å². The lowest BCUT2D eigenvalue weighted by molar-refractivity contribution is 0.0853. The van der Waals surface area contributed by atoms with Crippen LogP contribution in [-0.4, -0.2) is 20.7 Å². The van der Waals surface area contributed by atoms with Crippen LogP contribution >= 0.6 is 0 Å². The van der Waals surface area contributed by atoms with Crippen molar-refractivity contribution in [2.45, 2.75) is 31.4 Å². The molecule has 8 heteroatoms. The average Bonchev–Trinajstić information content (AvgIpc) is 3.16. The maximum atomic E-state index is 13.6. The molecule has 0 spiro atoms. The zero-order chi connectivity index (χ0) is 19.0. The van der Waals surface area contributed by atoms with Gasteiger partial charge in [0.15, 0.2) is 5.82 Å². The number of anilines is 1. The average molecular weight is 369 g/mol. The summed E-state index contributed by atoms with van der Waals surface area (Å²) in [7, 11) is 0. The monoisotopic (exact) mass is 369 g/mol. The van der Waals surface area contributed by atoms with E-state index in [1.807, 2.05) is 36.4 Å². The fourth-order valence-electron chi connectivity index (χ4n) is 3.32. The maximum Gasteiger partial charge on any atom is 0.253 e. The van der Waals surface area contributed by atoms with Crippen molar-refractivity contribution in [3.05, 3.63) is 48.2 Å². The molecule has 3 aromatic rings. The summed E-state index contributed by atoms with van der Waals surface area (Å²) in [6, 6.07) is 12.5. The van der Waals surface area contributed by atoms with Crippen molar-refractivity contribution in [1.82, 2.24) is 14.8 Å². The van der Waals surface area contributed by atoms with E-state index in [9.17, 15) is 8.78 Å². The van der Waals surface area contributed by atoms with Gasteiger partial charge in [-0.05, 0) is 11.6 Å². The highest BCUT2D eigenvalue weighted by Gasteiger charge is 2.61. The molecule has 1 aromatic carbocycles. The summed E-state index contributed by atoms with van der Waals surface area (Å²) >= 11 is 0. The Kier molecular flexibility index (Phi) is 4.15. The summed E-state index contributed by atoms with van der Waals surface area (Å²) in [6.45, 7) is 0.292. The first-order chi connectivity index (χ1) is 13.0. The third-order valence-electron chi connectivity index (χ3n) is 4.78. The minimum Gasteiger partial charge on any atom is -0.472 e. The number of rotatable bonds is 6. The van der Waals surface area contributed by atoms with Gasteiger partial charge in [-0.3, -0.25) is 4.68 Å². The van der Waals surface area contributed by atoms with Gasteiger partial charge in [0.2, 0.25) is 5.88 Å². The number of halogens is 2. The van der Waals surface area contributed by atoms with Crippen LogP contribution in [0.4, 0.5) is 14.6 Å². The largest absolute Gasteiger partial charge is 0.472 e. The van der Waals surface area contributed by atoms with Crippen LogP contribution in [0.3, 0.4) is 0 Å². The van der Waals surface area contributed by atoms with Crippen molar-refractivity contribution >= 4 is 16.7 Å². The molecule has 1 aliphatic carbocycles. The molecule has 0 bridgehead atoms. The Bertz CT molecular complexity index is 1010. The number of nitriles is 1. The van der Waals surface area contributed by atoms with Gasteiger partial charge in [-0.2, -0.15) is 10.4 Å². The molecule has 0 amide bonds. The summed E-state index contributed by atoms with van der Waals surface area (Å²) in [5, 5.41) is 13.8. The van der Waals surface area contributed by atoms with Gasteiger partial charge in [0.05, 0.1) is 30.0 Å². The van der Waals surface area contributed by atoms with Crippen molar-refractivity contribution in [3.63, 3.8) is 0 Å². The number of nitrogen functional groups attached to an aromatic ring is 1. The fourth-order valence-corrected chi connectivity index (χ4v) is 3.32. The second-order valence-corrected chi connectivity index (χ2v) is 6.62. The van der Waals surface area contributed by atoms with Gasteiger partial charge < -0.3 is 10.5 Å². The number of nitrogens with two attached hydrogens (primary N) is 1. The van der Waals surface area contributed by atoms with E-state index in [1.54, 1.807) is 6.07 Å². The van der Waals surface area contributed by atoms with Crippen LogP contribution in [0, 0.1) is 17.2 Å². The van der Waals surface area contributed by atoms with Crippen LogP contribution in [0.5, 0.6) is 5.88 Å². The smallest absolute Gasteiger partial charge is 0.253 e. The molecule has 138 valence electrons. The molecule has 1 fully saturated rings. The molecular weight excluding hydrogens is 352 g/mol. The molecule has 0 saturated heterocycles. The topological polar surface area (TPSA) is 89.8 Å². The van der Waals surface area contributed by atoms with E-state index in [4.69, 9.17) is 15.7 Å². The van der Waals surface area contributed by atoms with Gasteiger partial charge in [-0.25, -0.2) is 13.8 Å². The zero-order valence-corrected chi connectivity index (χ0v) is 14.3. The summed E-state index contributed by atoms with van der Waals surface area (Å²) in [6.07, 6.45) is 1.21. The lowest BCUT2D eigenvalue weighted by Gasteiger charge is -2.15. The number of hydrogen-bond donors (Lipinski definition) is 1. The summed E-state index contributed by atoms with van der Waals surface area (Å²) in [5.74, 6) is -3.25. The second-order valence-electron chi connectivity index (χ2n) is 6.62. The highest BCUT2D eigenvalue weighted by molar-refractivity contribution is 5.93. The van der Waals surface area contributed by atoms with Crippen molar-refractivity contribution in [2.75, 3.05) is 5.73 Å². The van der Waals surface area contributed by atoms with Crippen LogP contribution in [0.2, 0.25) is 0 Å². The standard InChI is InChI=1S/C19H17F2N5O/c20-19(21)10-13(19)14(6-8-22)26-15-7-9-24-18(16(15)17(23)25-26)27-11-12-4-2-1-3-5-12/h1-5,7,9,13-14H,6,10-11H2,(H2,23,25). The molecule has 2 heterocycles. The van der Waals surface area contributed by atoms with E-state index in [-0.39, 0.29) is 18.7 Å². The van der Waals surface area contributed by atoms with E-state index in [1.165, 1.54) is 10.9 Å². The Balaban J connectivity index is 1.69. The number of nitrogens with zero attached hydrogens (tertiary/aromatic N) is 4. The summed E-state index contributed by atoms with van der Waals surface area (Å²) in [4.78, 5) is 4.22. The van der Waals surface area contributed by atoms with Gasteiger partial charge in [-0.1, -0.05) is 30.3 Å². The molecule has 0 radical (unpaired) electrons. The third kappa shape index (κ3) is 3.16. The van der Waals surface area contributed by atoms with Crippen LogP contribution in [0.25, 0.3) is 10.9 Å². The van der Waals surface area contributed by atoms with E-state index in [0.717, 1.165) is 5.56 Å². The van der Waals surface area contributed by atoms with Crippen LogP contribution in [0.1, 0.15) is 24.4 Å². The molecule has 2 atom stereocenters. The third-order valence-corrected chi connectivity index (χ3v) is 4.78. The number of hydrogen-bond acceptors (Lipinski definition) is 5. The first-order valence-electron chi connectivity index (χ1n) is 8.55. The van der Waals surface area contributed by atoms with Gasteiger partial charge in [0, 0.05) is 12.6 Å². The van der Waals surface area contributed by atoms with Crippen molar-refractivity contribution in [3.8, 4) is 11.9 Å². The molecule has 1 saturated carbocycles. The van der Waals surface area contributed by atoms with Gasteiger partial charge in [0.1, 0.15) is 12.0 Å². The van der Waals surface area contributed by atoms with Crippen molar-refractivity contribution in [2.24, 2.45) is 5.92 Å². The molecule has 2 aromatic heterocycles. The Morgan fingerprint density at radius 1 is 1.33 bits per heavy atom. The molecule has 2 N–H and O–H groups in total. The first-order valence-corrected chi connectivity index (χ1v) is 8.55. The molecule has 1 aliphatic rings. The van der Waals surface area contributed by atoms with E-state index in [2.05, 4.69) is 10.1 Å². The molecule has 27 heavy (non-hydrogen) atoms. The van der Waals surface area contributed by atoms with E-state index >= 15 is 0 Å². The van der Waals surface area contributed by atoms with E-state index in [0.29, 0.717) is 23.4 Å². The van der Waals surface area contributed by atoms with Crippen molar-refractivity contribution in [1.29, 1.82) is 5.26 Å². The summed E-state index contributed by atoms with van der Waals surface area (Å²) in [5.41, 5.74) is 7.54. The van der Waals surface area contributed by atoms with Gasteiger partial charge >= 0.3 is 0 Å². The SMILES string of the molecule is N#CCC(C1CC1(F)F)n1nc(N)c2c(OCc3ccccc3)nccc21. The molecule has 2 unspecified atom stereocenters. The quantitative estimate of drug-likeness (QED) is 0.715. The van der Waals surface area contributed by atoms with Crippen LogP contribution < -0.4 is 10.5 Å². The van der Waals surface area contributed by atoms with Gasteiger partial charge in [-0.15, -0.1) is 0 Å². The lowest BCUT2D eigenvalue weighted by atomic mass is 10.1. The highest BCUT2D eigenvalue weighted by atomic mass is 19.3. The molecule has 6 nitrogen and oxygen atoms in total. The molecule has 4 rings (SSSR count). The molecule has 0 aliphatic heterocycles. The minimum absolute atomic E-state index is 0.0704. The lowest BCUT2D eigenvalue weighted by Crippen LogP contribution is -2.16. The van der Waals surface area contributed by atoms with Crippen molar-refractivity contribution < 1.29 is 13.5 Å². The maximum absolute atomic E-state index is 13.6. The second kappa shape index (κ2) is 6.50. The molecular formula is C19H17F2N5O. The normalized spacial score (nSPS) is 18.8. The van der Waals surface area contributed by atoms with E-state index < -0.39 is 17.9 Å². The minimum atomic E-state index is -2.77. The zero-order valence-electron chi connectivity index (χ0n) is 14.3.